The summed E-state index contributed by atoms with van der Waals surface area (Å²) in [5.74, 6) is 1.27. The number of amides is 2. The molecule has 2 amide bonds. The first-order valence-electron chi connectivity index (χ1n) is 8.54. The molecule has 8 heteroatoms. The normalized spacial score (nSPS) is 22.7. The predicted molar refractivity (Wildman–Crippen MR) is 85.8 cm³/mol. The van der Waals surface area contributed by atoms with Crippen molar-refractivity contribution in [2.75, 3.05) is 32.7 Å². The number of carbonyl (C=O) groups is 2. The Hall–Kier alpha value is -1.96. The van der Waals surface area contributed by atoms with Gasteiger partial charge in [0.1, 0.15) is 0 Å². The maximum Gasteiger partial charge on any atom is 0.228 e. The molecule has 3 rings (SSSR count). The zero-order valence-electron chi connectivity index (χ0n) is 14.6. The summed E-state index contributed by atoms with van der Waals surface area (Å²) < 4.78 is 4.98. The second-order valence-electron chi connectivity index (χ2n) is 6.87. The minimum atomic E-state index is -0.189. The highest BCUT2D eigenvalue weighted by Gasteiger charge is 2.38. The van der Waals surface area contributed by atoms with Gasteiger partial charge in [-0.15, -0.1) is 0 Å². The van der Waals surface area contributed by atoms with E-state index in [0.717, 1.165) is 13.1 Å². The van der Waals surface area contributed by atoms with Gasteiger partial charge in [0.25, 0.3) is 0 Å². The quantitative estimate of drug-likeness (QED) is 0.786. The highest BCUT2D eigenvalue weighted by Crippen LogP contribution is 2.22. The van der Waals surface area contributed by atoms with E-state index in [2.05, 4.69) is 15.0 Å². The zero-order chi connectivity index (χ0) is 17.3. The van der Waals surface area contributed by atoms with Crippen molar-refractivity contribution in [2.24, 2.45) is 5.92 Å². The Bertz CT molecular complexity index is 607. The van der Waals surface area contributed by atoms with E-state index in [0.29, 0.717) is 44.3 Å². The average Bonchev–Trinajstić information content (AvgIpc) is 3.13. The molecule has 0 aliphatic carbocycles. The largest absolute Gasteiger partial charge is 0.340 e. The van der Waals surface area contributed by atoms with E-state index in [1.807, 2.05) is 18.7 Å². The van der Waals surface area contributed by atoms with Gasteiger partial charge >= 0.3 is 0 Å². The van der Waals surface area contributed by atoms with Crippen LogP contribution >= 0.6 is 0 Å². The van der Waals surface area contributed by atoms with Gasteiger partial charge in [-0.3, -0.25) is 14.5 Å². The lowest BCUT2D eigenvalue weighted by Gasteiger charge is -2.35. The third-order valence-corrected chi connectivity index (χ3v) is 4.75. The molecule has 132 valence electrons. The number of carbonyl (C=O) groups excluding carboxylic acids is 2. The Labute approximate surface area is 141 Å². The Morgan fingerprint density at radius 1 is 1.29 bits per heavy atom. The fourth-order valence-corrected chi connectivity index (χ4v) is 3.39. The van der Waals surface area contributed by atoms with Crippen LogP contribution in [-0.2, 0) is 16.1 Å². The predicted octanol–water partition coefficient (Wildman–Crippen LogP) is 0.279. The minimum absolute atomic E-state index is 0.0921. The van der Waals surface area contributed by atoms with Crippen molar-refractivity contribution in [3.8, 4) is 0 Å². The summed E-state index contributed by atoms with van der Waals surface area (Å²) in [6.45, 7) is 9.88. The maximum atomic E-state index is 12.7. The molecule has 24 heavy (non-hydrogen) atoms. The third kappa shape index (κ3) is 3.58. The molecule has 2 aliphatic heterocycles. The Kier molecular flexibility index (Phi) is 4.84. The van der Waals surface area contributed by atoms with E-state index in [4.69, 9.17) is 4.52 Å². The number of hydrogen-bond acceptors (Lipinski definition) is 6. The lowest BCUT2D eigenvalue weighted by atomic mass is 10.1. The molecule has 1 aromatic rings. The second-order valence-corrected chi connectivity index (χ2v) is 6.87. The maximum absolute atomic E-state index is 12.7. The number of aryl methyl sites for hydroxylation is 1. The van der Waals surface area contributed by atoms with E-state index in [1.165, 1.54) is 0 Å². The first-order valence-corrected chi connectivity index (χ1v) is 8.54. The number of rotatable bonds is 4. The van der Waals surface area contributed by atoms with Crippen LogP contribution in [0.5, 0.6) is 0 Å². The highest BCUT2D eigenvalue weighted by molar-refractivity contribution is 5.89. The SMILES string of the molecule is Cc1nc(CN2CCN(C(=O)[C@@H]3CC(=O)N(C(C)C)C3)CC2)no1. The van der Waals surface area contributed by atoms with Gasteiger partial charge < -0.3 is 14.3 Å². The number of piperazine rings is 1. The Balaban J connectivity index is 1.49. The summed E-state index contributed by atoms with van der Waals surface area (Å²) in [7, 11) is 0. The van der Waals surface area contributed by atoms with E-state index in [1.54, 1.807) is 11.8 Å². The van der Waals surface area contributed by atoms with Crippen LogP contribution in [0.25, 0.3) is 0 Å². The van der Waals surface area contributed by atoms with Crippen LogP contribution in [0.4, 0.5) is 0 Å². The first-order chi connectivity index (χ1) is 11.4. The van der Waals surface area contributed by atoms with Crippen molar-refractivity contribution in [3.63, 3.8) is 0 Å². The topological polar surface area (TPSA) is 82.8 Å². The molecule has 0 spiro atoms. The molecule has 0 N–H and O–H groups in total. The van der Waals surface area contributed by atoms with Crippen molar-refractivity contribution < 1.29 is 14.1 Å². The standard InChI is InChI=1S/C16H25N5O3/c1-11(2)21-9-13(8-15(21)22)16(23)20-6-4-19(5-7-20)10-14-17-12(3)24-18-14/h11,13H,4-10H2,1-3H3/t13-/m1/s1. The summed E-state index contributed by atoms with van der Waals surface area (Å²) in [5, 5.41) is 3.91. The molecule has 8 nitrogen and oxygen atoms in total. The number of aromatic nitrogens is 2. The summed E-state index contributed by atoms with van der Waals surface area (Å²) in [5.41, 5.74) is 0. The minimum Gasteiger partial charge on any atom is -0.340 e. The average molecular weight is 335 g/mol. The molecule has 0 bridgehead atoms. The molecular formula is C16H25N5O3. The first kappa shape index (κ1) is 16.9. The third-order valence-electron chi connectivity index (χ3n) is 4.75. The van der Waals surface area contributed by atoms with Crippen LogP contribution in [0, 0.1) is 12.8 Å². The lowest BCUT2D eigenvalue weighted by molar-refractivity contribution is -0.137. The molecule has 0 unspecified atom stereocenters. The van der Waals surface area contributed by atoms with Crippen molar-refractivity contribution in [3.05, 3.63) is 11.7 Å². The lowest BCUT2D eigenvalue weighted by Crippen LogP contribution is -2.50. The molecule has 0 saturated carbocycles. The second kappa shape index (κ2) is 6.88. The van der Waals surface area contributed by atoms with Gasteiger partial charge in [0.05, 0.1) is 12.5 Å². The molecule has 1 atom stereocenters. The van der Waals surface area contributed by atoms with Gasteiger partial charge in [-0.25, -0.2) is 0 Å². The Morgan fingerprint density at radius 2 is 2.00 bits per heavy atom. The monoisotopic (exact) mass is 335 g/mol. The number of likely N-dealkylation sites (tertiary alicyclic amines) is 1. The van der Waals surface area contributed by atoms with E-state index in [-0.39, 0.29) is 23.8 Å². The van der Waals surface area contributed by atoms with Crippen LogP contribution in [-0.4, -0.2) is 75.4 Å². The highest BCUT2D eigenvalue weighted by atomic mass is 16.5. The van der Waals surface area contributed by atoms with E-state index >= 15 is 0 Å². The van der Waals surface area contributed by atoms with Crippen molar-refractivity contribution in [1.29, 1.82) is 0 Å². The van der Waals surface area contributed by atoms with Gasteiger partial charge in [0, 0.05) is 52.1 Å². The van der Waals surface area contributed by atoms with Crippen LogP contribution in [0.3, 0.4) is 0 Å². The molecule has 0 aromatic carbocycles. The van der Waals surface area contributed by atoms with Gasteiger partial charge in [-0.2, -0.15) is 4.98 Å². The van der Waals surface area contributed by atoms with Crippen LogP contribution in [0.2, 0.25) is 0 Å². The van der Waals surface area contributed by atoms with E-state index < -0.39 is 0 Å². The van der Waals surface area contributed by atoms with Crippen LogP contribution < -0.4 is 0 Å². The number of nitrogens with zero attached hydrogens (tertiary/aromatic N) is 5. The van der Waals surface area contributed by atoms with Gasteiger partial charge in [-0.1, -0.05) is 5.16 Å². The van der Waals surface area contributed by atoms with Crippen molar-refractivity contribution in [2.45, 2.75) is 39.8 Å². The summed E-state index contributed by atoms with van der Waals surface area (Å²) in [4.78, 5) is 34.8. The number of hydrogen-bond donors (Lipinski definition) is 0. The molecule has 2 aliphatic rings. The summed E-state index contributed by atoms with van der Waals surface area (Å²) in [6, 6.07) is 0.158. The van der Waals surface area contributed by atoms with Crippen LogP contribution in [0.15, 0.2) is 4.52 Å². The zero-order valence-corrected chi connectivity index (χ0v) is 14.6. The Morgan fingerprint density at radius 3 is 2.54 bits per heavy atom. The summed E-state index contributed by atoms with van der Waals surface area (Å²) >= 11 is 0. The molecular weight excluding hydrogens is 310 g/mol. The van der Waals surface area contributed by atoms with Crippen molar-refractivity contribution in [1.82, 2.24) is 24.8 Å². The summed E-state index contributed by atoms with van der Waals surface area (Å²) in [6.07, 6.45) is 0.347. The molecule has 3 heterocycles. The molecule has 2 saturated heterocycles. The molecule has 0 radical (unpaired) electrons. The van der Waals surface area contributed by atoms with Gasteiger partial charge in [0.2, 0.25) is 17.7 Å². The smallest absolute Gasteiger partial charge is 0.228 e. The molecule has 2 fully saturated rings. The van der Waals surface area contributed by atoms with E-state index in [9.17, 15) is 9.59 Å². The van der Waals surface area contributed by atoms with Gasteiger partial charge in [0.15, 0.2) is 5.82 Å². The van der Waals surface area contributed by atoms with Crippen LogP contribution in [0.1, 0.15) is 32.0 Å². The fourth-order valence-electron chi connectivity index (χ4n) is 3.39. The molecule has 1 aromatic heterocycles. The fraction of sp³-hybridized carbons (Fsp3) is 0.750. The van der Waals surface area contributed by atoms with Gasteiger partial charge in [-0.05, 0) is 13.8 Å². The van der Waals surface area contributed by atoms with Crippen molar-refractivity contribution >= 4 is 11.8 Å².